The molecule has 2 rings (SSSR count). The largest absolute Gasteiger partial charge is 0.478 e. The van der Waals surface area contributed by atoms with E-state index in [0.717, 1.165) is 10.9 Å². The van der Waals surface area contributed by atoms with E-state index in [1.54, 1.807) is 0 Å². The van der Waals surface area contributed by atoms with E-state index in [4.69, 9.17) is 0 Å². The average Bonchev–Trinajstić information content (AvgIpc) is 2.44. The van der Waals surface area contributed by atoms with Crippen molar-refractivity contribution in [3.05, 3.63) is 36.0 Å². The number of para-hydroxylation sites is 1. The van der Waals surface area contributed by atoms with Gasteiger partial charge < -0.3 is 15.3 Å². The molecule has 0 saturated heterocycles. The average molecular weight is 287 g/mol. The molecule has 0 fully saturated rings. The van der Waals surface area contributed by atoms with E-state index in [2.05, 4.69) is 29.0 Å². The highest BCUT2D eigenvalue weighted by Gasteiger charge is 2.22. The maximum atomic E-state index is 11.4. The van der Waals surface area contributed by atoms with Crippen molar-refractivity contribution < 1.29 is 9.90 Å². The number of carboxylic acid groups (broad SMARTS) is 1. The molecule has 0 aliphatic heterocycles. The maximum Gasteiger partial charge on any atom is 0.339 e. The number of benzene rings is 1. The summed E-state index contributed by atoms with van der Waals surface area (Å²) in [5.74, 6) is -0.974. The molecule has 1 aromatic carbocycles. The van der Waals surface area contributed by atoms with Crippen LogP contribution in [0.2, 0.25) is 0 Å². The van der Waals surface area contributed by atoms with Crippen LogP contribution in [0.3, 0.4) is 0 Å². The van der Waals surface area contributed by atoms with Gasteiger partial charge in [-0.05, 0) is 34.0 Å². The fourth-order valence-electron chi connectivity index (χ4n) is 1.96. The van der Waals surface area contributed by atoms with E-state index in [-0.39, 0.29) is 11.1 Å². The van der Waals surface area contributed by atoms with Crippen LogP contribution in [0.25, 0.3) is 10.9 Å². The zero-order valence-electron chi connectivity index (χ0n) is 12.8. The van der Waals surface area contributed by atoms with Crippen LogP contribution in [0.1, 0.15) is 24.2 Å². The van der Waals surface area contributed by atoms with Crippen molar-refractivity contribution in [2.24, 2.45) is 0 Å². The quantitative estimate of drug-likeness (QED) is 0.885. The van der Waals surface area contributed by atoms with E-state index in [0.29, 0.717) is 12.2 Å². The standard InChI is InChI=1S/C16H21N3O2/c1-16(2,19(3)4)10-18-14-11-7-5-6-8-13(11)17-9-12(14)15(20)21/h5-9H,10H2,1-4H3,(H,17,18)(H,20,21). The summed E-state index contributed by atoms with van der Waals surface area (Å²) in [5, 5.41) is 13.5. The van der Waals surface area contributed by atoms with Crippen molar-refractivity contribution in [1.82, 2.24) is 9.88 Å². The Morgan fingerprint density at radius 3 is 2.62 bits per heavy atom. The number of hydrogen-bond acceptors (Lipinski definition) is 4. The highest BCUT2D eigenvalue weighted by atomic mass is 16.4. The van der Waals surface area contributed by atoms with Gasteiger partial charge in [0.15, 0.2) is 0 Å². The Bertz CT molecular complexity index is 666. The Labute approximate surface area is 124 Å². The number of pyridine rings is 1. The molecule has 2 N–H and O–H groups in total. The van der Waals surface area contributed by atoms with Gasteiger partial charge in [-0.3, -0.25) is 4.98 Å². The van der Waals surface area contributed by atoms with Crippen LogP contribution in [-0.2, 0) is 0 Å². The molecule has 0 saturated carbocycles. The summed E-state index contributed by atoms with van der Waals surface area (Å²) in [6, 6.07) is 7.55. The third kappa shape index (κ3) is 3.13. The number of aromatic carboxylic acids is 1. The number of nitrogens with zero attached hydrogens (tertiary/aromatic N) is 2. The van der Waals surface area contributed by atoms with Crippen molar-refractivity contribution >= 4 is 22.6 Å². The van der Waals surface area contributed by atoms with Gasteiger partial charge in [0.1, 0.15) is 5.56 Å². The molecule has 0 spiro atoms. The molecular weight excluding hydrogens is 266 g/mol. The molecule has 5 nitrogen and oxygen atoms in total. The lowest BCUT2D eigenvalue weighted by Gasteiger charge is -2.33. The molecule has 0 atom stereocenters. The zero-order chi connectivity index (χ0) is 15.6. The molecule has 0 amide bonds. The molecule has 1 heterocycles. The maximum absolute atomic E-state index is 11.4. The first-order valence-electron chi connectivity index (χ1n) is 6.85. The van der Waals surface area contributed by atoms with Crippen LogP contribution in [0.15, 0.2) is 30.5 Å². The van der Waals surface area contributed by atoms with Crippen LogP contribution < -0.4 is 5.32 Å². The van der Waals surface area contributed by atoms with E-state index >= 15 is 0 Å². The van der Waals surface area contributed by atoms with Crippen LogP contribution in [0.5, 0.6) is 0 Å². The third-order valence-electron chi connectivity index (χ3n) is 3.91. The second-order valence-electron chi connectivity index (χ2n) is 5.93. The number of likely N-dealkylation sites (N-methyl/N-ethyl adjacent to an activating group) is 1. The lowest BCUT2D eigenvalue weighted by atomic mass is 10.0. The first-order chi connectivity index (χ1) is 9.83. The normalized spacial score (nSPS) is 11.9. The molecule has 2 aromatic rings. The van der Waals surface area contributed by atoms with Gasteiger partial charge in [-0.15, -0.1) is 0 Å². The van der Waals surface area contributed by atoms with Gasteiger partial charge in [0.05, 0.1) is 11.2 Å². The topological polar surface area (TPSA) is 65.5 Å². The van der Waals surface area contributed by atoms with Crippen LogP contribution in [-0.4, -0.2) is 47.1 Å². The molecule has 0 aliphatic carbocycles. The summed E-state index contributed by atoms with van der Waals surface area (Å²) in [6.45, 7) is 4.84. The fourth-order valence-corrected chi connectivity index (χ4v) is 1.96. The highest BCUT2D eigenvalue weighted by Crippen LogP contribution is 2.26. The van der Waals surface area contributed by atoms with Crippen LogP contribution in [0, 0.1) is 0 Å². The molecule has 1 aromatic heterocycles. The predicted molar refractivity (Wildman–Crippen MR) is 85.0 cm³/mol. The van der Waals surface area contributed by atoms with Gasteiger partial charge in [0, 0.05) is 23.7 Å². The van der Waals surface area contributed by atoms with E-state index in [1.807, 2.05) is 38.4 Å². The SMILES string of the molecule is CN(C)C(C)(C)CNc1c(C(=O)O)cnc2ccccc12. The highest BCUT2D eigenvalue weighted by molar-refractivity contribution is 6.04. The van der Waals surface area contributed by atoms with Crippen molar-refractivity contribution in [3.63, 3.8) is 0 Å². The number of anilines is 1. The molecule has 0 bridgehead atoms. The summed E-state index contributed by atoms with van der Waals surface area (Å²) in [5.41, 5.74) is 1.51. The summed E-state index contributed by atoms with van der Waals surface area (Å²) in [4.78, 5) is 17.7. The monoisotopic (exact) mass is 287 g/mol. The molecule has 21 heavy (non-hydrogen) atoms. The van der Waals surface area contributed by atoms with Gasteiger partial charge >= 0.3 is 5.97 Å². The number of aromatic nitrogens is 1. The minimum atomic E-state index is -0.974. The van der Waals surface area contributed by atoms with Crippen LogP contribution in [0.4, 0.5) is 5.69 Å². The molecular formula is C16H21N3O2. The van der Waals surface area contributed by atoms with Gasteiger partial charge in [0.2, 0.25) is 0 Å². The van der Waals surface area contributed by atoms with E-state index < -0.39 is 5.97 Å². The van der Waals surface area contributed by atoms with Crippen molar-refractivity contribution in [3.8, 4) is 0 Å². The summed E-state index contributed by atoms with van der Waals surface area (Å²) in [6.07, 6.45) is 1.41. The molecule has 0 unspecified atom stereocenters. The van der Waals surface area contributed by atoms with Crippen molar-refractivity contribution in [2.45, 2.75) is 19.4 Å². The number of carbonyl (C=O) groups is 1. The number of hydrogen-bond donors (Lipinski definition) is 2. The van der Waals surface area contributed by atoms with Crippen molar-refractivity contribution in [2.75, 3.05) is 26.0 Å². The molecule has 0 radical (unpaired) electrons. The van der Waals surface area contributed by atoms with E-state index in [9.17, 15) is 9.90 Å². The van der Waals surface area contributed by atoms with E-state index in [1.165, 1.54) is 6.20 Å². The third-order valence-corrected chi connectivity index (χ3v) is 3.91. The van der Waals surface area contributed by atoms with Gasteiger partial charge in [-0.1, -0.05) is 18.2 Å². The van der Waals surface area contributed by atoms with Gasteiger partial charge in [-0.2, -0.15) is 0 Å². The van der Waals surface area contributed by atoms with Crippen LogP contribution >= 0.6 is 0 Å². The number of fused-ring (bicyclic) bond motifs is 1. The number of carboxylic acids is 1. The Hall–Kier alpha value is -2.14. The first kappa shape index (κ1) is 15.3. The Kier molecular flexibility index (Phi) is 4.14. The first-order valence-corrected chi connectivity index (χ1v) is 6.85. The second kappa shape index (κ2) is 5.69. The summed E-state index contributed by atoms with van der Waals surface area (Å²) < 4.78 is 0. The smallest absolute Gasteiger partial charge is 0.339 e. The van der Waals surface area contributed by atoms with Gasteiger partial charge in [0.25, 0.3) is 0 Å². The lowest BCUT2D eigenvalue weighted by Crippen LogP contribution is -2.44. The Balaban J connectivity index is 2.45. The summed E-state index contributed by atoms with van der Waals surface area (Å²) >= 11 is 0. The summed E-state index contributed by atoms with van der Waals surface area (Å²) in [7, 11) is 4.01. The predicted octanol–water partition coefficient (Wildman–Crippen LogP) is 2.69. The lowest BCUT2D eigenvalue weighted by molar-refractivity contribution is 0.0697. The molecule has 5 heteroatoms. The Morgan fingerprint density at radius 2 is 2.00 bits per heavy atom. The Morgan fingerprint density at radius 1 is 1.33 bits per heavy atom. The fraction of sp³-hybridized carbons (Fsp3) is 0.375. The minimum absolute atomic E-state index is 0.0971. The minimum Gasteiger partial charge on any atom is -0.478 e. The number of nitrogens with one attached hydrogen (secondary N) is 1. The second-order valence-corrected chi connectivity index (χ2v) is 5.93. The molecule has 112 valence electrons. The van der Waals surface area contributed by atoms with Gasteiger partial charge in [-0.25, -0.2) is 4.79 Å². The van der Waals surface area contributed by atoms with Crippen molar-refractivity contribution in [1.29, 1.82) is 0 Å². The zero-order valence-corrected chi connectivity index (χ0v) is 12.8. The number of rotatable bonds is 5. The molecule has 0 aliphatic rings.